The smallest absolute Gasteiger partial charge is 0.305 e. The van der Waals surface area contributed by atoms with E-state index in [-0.39, 0.29) is 47.0 Å². The zero-order chi connectivity index (χ0) is 37.2. The first-order chi connectivity index (χ1) is 24.3. The van der Waals surface area contributed by atoms with Crippen LogP contribution in [-0.2, 0) is 24.4 Å². The highest BCUT2D eigenvalue weighted by Crippen LogP contribution is 2.44. The zero-order valence-corrected chi connectivity index (χ0v) is 32.3. The summed E-state index contributed by atoms with van der Waals surface area (Å²) >= 11 is 13.0. The van der Waals surface area contributed by atoms with Gasteiger partial charge in [-0.25, -0.2) is 8.42 Å². The van der Waals surface area contributed by atoms with E-state index < -0.39 is 14.8 Å². The van der Waals surface area contributed by atoms with Gasteiger partial charge in [0.1, 0.15) is 6.04 Å². The number of fused-ring (bicyclic) bond motifs is 1. The van der Waals surface area contributed by atoms with Crippen LogP contribution >= 0.6 is 34.5 Å². The molecule has 278 valence electrons. The molecule has 1 aromatic heterocycles. The maximum Gasteiger partial charge on any atom is 0.305 e. The number of likely N-dealkylation sites (N-methyl/N-ethyl adjacent to an activating group) is 1. The van der Waals surface area contributed by atoms with Crippen LogP contribution in [-0.4, -0.2) is 66.9 Å². The summed E-state index contributed by atoms with van der Waals surface area (Å²) in [6.45, 7) is 4.57. The van der Waals surface area contributed by atoms with Gasteiger partial charge >= 0.3 is 4.87 Å². The van der Waals surface area contributed by atoms with Crippen molar-refractivity contribution in [2.24, 2.45) is 11.8 Å². The van der Waals surface area contributed by atoms with E-state index >= 15 is 0 Å². The molecule has 15 heteroatoms. The Morgan fingerprint density at radius 1 is 1.08 bits per heavy atom. The lowest BCUT2D eigenvalue weighted by Crippen LogP contribution is -2.46. The number of hydrogen-bond donors (Lipinski definition) is 4. The van der Waals surface area contributed by atoms with Gasteiger partial charge in [0.2, 0.25) is 27.7 Å². The molecule has 4 N–H and O–H groups in total. The topological polar surface area (TPSA) is 158 Å². The Morgan fingerprint density at radius 3 is 2.43 bits per heavy atom. The fraction of sp³-hybridized carbons (Fsp3) is 0.500. The van der Waals surface area contributed by atoms with Crippen molar-refractivity contribution < 1.29 is 22.8 Å². The molecule has 0 radical (unpaired) electrons. The molecule has 3 unspecified atom stereocenters. The van der Waals surface area contributed by atoms with Gasteiger partial charge in [0.05, 0.1) is 21.5 Å². The number of aromatic amines is 1. The van der Waals surface area contributed by atoms with E-state index in [1.165, 1.54) is 30.6 Å². The average molecular weight is 781 g/mol. The molecule has 6 rings (SSSR count). The van der Waals surface area contributed by atoms with Crippen LogP contribution in [0.25, 0.3) is 10.2 Å². The van der Waals surface area contributed by atoms with Crippen molar-refractivity contribution in [3.63, 3.8) is 0 Å². The summed E-state index contributed by atoms with van der Waals surface area (Å²) in [4.78, 5) is 51.0. The summed E-state index contributed by atoms with van der Waals surface area (Å²) < 4.78 is 26.5. The van der Waals surface area contributed by atoms with Gasteiger partial charge in [-0.1, -0.05) is 78.6 Å². The number of halogens is 2. The number of para-hydroxylation sites is 1. The maximum absolute atomic E-state index is 12.2. The van der Waals surface area contributed by atoms with E-state index in [0.717, 1.165) is 29.5 Å². The van der Waals surface area contributed by atoms with Gasteiger partial charge in [0.25, 0.3) is 0 Å². The number of benzene rings is 2. The summed E-state index contributed by atoms with van der Waals surface area (Å²) in [5.74, 6) is -0.460. The molecule has 2 aliphatic carbocycles. The Hall–Kier alpha value is -3.39. The van der Waals surface area contributed by atoms with E-state index in [1.807, 2.05) is 24.3 Å². The summed E-state index contributed by atoms with van der Waals surface area (Å²) in [5, 5.41) is 6.58. The second-order valence-electron chi connectivity index (χ2n) is 13.2. The van der Waals surface area contributed by atoms with Crippen LogP contribution in [0.4, 0.5) is 5.69 Å². The van der Waals surface area contributed by atoms with Crippen LogP contribution in [0.3, 0.4) is 0 Å². The number of allylic oxidation sites excluding steroid dienone is 2. The predicted molar refractivity (Wildman–Crippen MR) is 206 cm³/mol. The normalized spacial score (nSPS) is 20.1. The number of nitrogens with one attached hydrogen (secondary N) is 4. The third kappa shape index (κ3) is 11.8. The second-order valence-corrected chi connectivity index (χ2v) is 17.3. The van der Waals surface area contributed by atoms with Gasteiger partial charge in [-0.3, -0.25) is 23.9 Å². The van der Waals surface area contributed by atoms with Gasteiger partial charge in [0, 0.05) is 35.2 Å². The molecule has 2 aromatic carbocycles. The van der Waals surface area contributed by atoms with Crippen molar-refractivity contribution in [1.82, 2.24) is 19.9 Å². The first-order valence-electron chi connectivity index (χ1n) is 17.3. The first-order valence-corrected chi connectivity index (χ1v) is 20.3. The summed E-state index contributed by atoms with van der Waals surface area (Å²) in [5.41, 5.74) is 1.61. The number of rotatable bonds is 12. The molecule has 3 aliphatic rings. The number of hydrogen-bond acceptors (Lipinski definition) is 8. The second kappa shape index (κ2) is 18.4. The molecule has 3 atom stereocenters. The SMILES string of the molecule is CCCCC/C=C\C1CC1C(=O)NS(=O)(=O)C1(C)CC1.CNC(=O)C1CCCN1C(=O)CNc1cc(Cl)cc(Cl)c1.O=c1[nH]c2ccccc2s1. The number of thiazole rings is 1. The number of carbonyl (C=O) groups is 3. The van der Waals surface area contributed by atoms with E-state index in [2.05, 4.69) is 39.4 Å². The van der Waals surface area contributed by atoms with E-state index in [4.69, 9.17) is 23.2 Å². The molecule has 11 nitrogen and oxygen atoms in total. The number of unbranched alkanes of at least 4 members (excludes halogenated alkanes) is 3. The van der Waals surface area contributed by atoms with Crippen molar-refractivity contribution in [3.8, 4) is 0 Å². The monoisotopic (exact) mass is 779 g/mol. The maximum atomic E-state index is 12.2. The number of H-pyrrole nitrogens is 1. The number of nitrogens with zero attached hydrogens (tertiary/aromatic N) is 1. The summed E-state index contributed by atoms with van der Waals surface area (Å²) in [6.07, 6.45) is 12.5. The molecular formula is C36H47Cl2N5O6S2. The minimum absolute atomic E-state index is 0.0150. The quantitative estimate of drug-likeness (QED) is 0.121. The highest BCUT2D eigenvalue weighted by Gasteiger charge is 2.52. The minimum Gasteiger partial charge on any atom is -0.376 e. The first kappa shape index (κ1) is 40.4. The van der Waals surface area contributed by atoms with Gasteiger partial charge in [-0.15, -0.1) is 0 Å². The Balaban J connectivity index is 0.000000181. The molecule has 1 saturated heterocycles. The molecule has 2 saturated carbocycles. The van der Waals surface area contributed by atoms with Gasteiger partial charge in [-0.05, 0) is 88.1 Å². The number of likely N-dealkylation sites (tertiary alicyclic amines) is 1. The van der Waals surface area contributed by atoms with Crippen LogP contribution in [0.1, 0.15) is 71.6 Å². The minimum atomic E-state index is -3.47. The predicted octanol–water partition coefficient (Wildman–Crippen LogP) is 6.49. The number of sulfonamides is 1. The lowest BCUT2D eigenvalue weighted by atomic mass is 10.2. The van der Waals surface area contributed by atoms with E-state index in [9.17, 15) is 27.6 Å². The van der Waals surface area contributed by atoms with Crippen molar-refractivity contribution >= 4 is 78.2 Å². The average Bonchev–Trinajstić information content (AvgIpc) is 3.94. The van der Waals surface area contributed by atoms with Gasteiger partial charge < -0.3 is 20.5 Å². The number of anilines is 1. The van der Waals surface area contributed by atoms with Gasteiger partial charge in [-0.2, -0.15) is 0 Å². The lowest BCUT2D eigenvalue weighted by molar-refractivity contribution is -0.136. The fourth-order valence-corrected chi connectivity index (χ4v) is 8.19. The highest BCUT2D eigenvalue weighted by atomic mass is 35.5. The third-order valence-electron chi connectivity index (χ3n) is 9.13. The Bertz CT molecular complexity index is 1820. The lowest BCUT2D eigenvalue weighted by Gasteiger charge is -2.23. The molecule has 3 fully saturated rings. The van der Waals surface area contributed by atoms with Crippen molar-refractivity contribution in [2.75, 3.05) is 25.5 Å². The summed E-state index contributed by atoms with van der Waals surface area (Å²) in [6, 6.07) is 12.3. The van der Waals surface area contributed by atoms with Crippen molar-refractivity contribution in [1.29, 1.82) is 0 Å². The van der Waals surface area contributed by atoms with Crippen LogP contribution < -0.4 is 20.2 Å². The largest absolute Gasteiger partial charge is 0.376 e. The Kier molecular flexibility index (Phi) is 14.6. The summed E-state index contributed by atoms with van der Waals surface area (Å²) in [7, 11) is -1.89. The standard InChI is InChI=1S/C15H25NO3S.C14H17Cl2N3O2.C7H5NOS/c1-3-4-5-6-7-8-12-11-13(12)14(17)16-20(18,19)15(2)9-10-15;1-17-14(21)12-3-2-4-19(12)13(20)8-18-11-6-9(15)5-10(16)7-11;9-7-8-5-3-1-2-4-6(5)10-7/h7-8,12-13H,3-6,9-11H2,1-2H3,(H,16,17);5-7,12,18H,2-4,8H2,1H3,(H,17,21);1-4H,(H,8,9)/b8-7-;;. The third-order valence-corrected chi connectivity index (χ3v) is 12.6. The van der Waals surface area contributed by atoms with E-state index in [0.29, 0.717) is 41.5 Å². The van der Waals surface area contributed by atoms with Crippen LogP contribution in [0.2, 0.25) is 10.0 Å². The van der Waals surface area contributed by atoms with Crippen molar-refractivity contribution in [2.45, 2.75) is 82.4 Å². The van der Waals surface area contributed by atoms with Crippen LogP contribution in [0.5, 0.6) is 0 Å². The molecule has 51 heavy (non-hydrogen) atoms. The molecule has 0 bridgehead atoms. The van der Waals surface area contributed by atoms with E-state index in [1.54, 1.807) is 37.1 Å². The van der Waals surface area contributed by atoms with Crippen LogP contribution in [0, 0.1) is 11.8 Å². The fourth-order valence-electron chi connectivity index (χ4n) is 5.62. The highest BCUT2D eigenvalue weighted by molar-refractivity contribution is 7.91. The molecular weight excluding hydrogens is 733 g/mol. The van der Waals surface area contributed by atoms with Crippen LogP contribution in [0.15, 0.2) is 59.4 Å². The zero-order valence-electron chi connectivity index (χ0n) is 29.2. The molecule has 1 aliphatic heterocycles. The number of carbonyl (C=O) groups excluding carboxylic acids is 3. The van der Waals surface area contributed by atoms with Crippen molar-refractivity contribution in [3.05, 3.63) is 74.3 Å². The molecule has 2 heterocycles. The molecule has 3 aromatic rings. The molecule has 3 amide bonds. The Morgan fingerprint density at radius 2 is 1.78 bits per heavy atom. The number of aromatic nitrogens is 1. The number of amides is 3. The van der Waals surface area contributed by atoms with Gasteiger partial charge in [0.15, 0.2) is 0 Å². The molecule has 0 spiro atoms. The Labute approximate surface area is 313 Å².